The van der Waals surface area contributed by atoms with Crippen molar-refractivity contribution in [1.82, 2.24) is 20.2 Å². The number of rotatable bonds is 8. The van der Waals surface area contributed by atoms with Crippen molar-refractivity contribution in [2.45, 2.75) is 64.3 Å². The van der Waals surface area contributed by atoms with Crippen molar-refractivity contribution in [3.05, 3.63) is 58.7 Å². The minimum absolute atomic E-state index is 0.0614. The second-order valence-corrected chi connectivity index (χ2v) is 9.29. The largest absolute Gasteiger partial charge is 0.480 e. The van der Waals surface area contributed by atoms with Crippen LogP contribution in [0.2, 0.25) is 0 Å². The van der Waals surface area contributed by atoms with Gasteiger partial charge in [0.25, 0.3) is 0 Å². The highest BCUT2D eigenvalue weighted by molar-refractivity contribution is 5.79. The van der Waals surface area contributed by atoms with Gasteiger partial charge >= 0.3 is 5.97 Å². The molecule has 1 fully saturated rings. The fourth-order valence-corrected chi connectivity index (χ4v) is 4.96. The van der Waals surface area contributed by atoms with Crippen LogP contribution in [0.5, 0.6) is 0 Å². The van der Waals surface area contributed by atoms with Crippen molar-refractivity contribution in [2.24, 2.45) is 5.92 Å². The molecule has 3 heterocycles. The third-order valence-electron chi connectivity index (χ3n) is 6.89. The lowest BCUT2D eigenvalue weighted by Gasteiger charge is -2.35. The summed E-state index contributed by atoms with van der Waals surface area (Å²) in [5.41, 5.74) is 5.32. The number of amides is 1. The Morgan fingerprint density at radius 2 is 1.94 bits per heavy atom. The SMILES string of the molecule is Cc1ccc(C(C(=O)O)N2CCC(C(=O)NCCCc3ccc4c(n3)CCCC4)CC2)cn1. The number of aromatic nitrogens is 2. The Kier molecular flexibility index (Phi) is 7.70. The molecule has 0 bridgehead atoms. The topological polar surface area (TPSA) is 95.4 Å². The van der Waals surface area contributed by atoms with Gasteiger partial charge in [0.1, 0.15) is 6.04 Å². The average Bonchev–Trinajstić information content (AvgIpc) is 2.83. The Hall–Kier alpha value is -2.80. The number of nitrogens with one attached hydrogen (secondary N) is 1. The van der Waals surface area contributed by atoms with Gasteiger partial charge in [0.15, 0.2) is 0 Å². The van der Waals surface area contributed by atoms with E-state index in [1.807, 2.05) is 24.0 Å². The molecule has 176 valence electrons. The van der Waals surface area contributed by atoms with Crippen molar-refractivity contribution >= 4 is 11.9 Å². The number of likely N-dealkylation sites (tertiary alicyclic amines) is 1. The zero-order chi connectivity index (χ0) is 23.2. The summed E-state index contributed by atoms with van der Waals surface area (Å²) in [5, 5.41) is 12.9. The van der Waals surface area contributed by atoms with Crippen molar-refractivity contribution in [1.29, 1.82) is 0 Å². The number of piperidine rings is 1. The van der Waals surface area contributed by atoms with Gasteiger partial charge in [-0.3, -0.25) is 24.5 Å². The summed E-state index contributed by atoms with van der Waals surface area (Å²) in [5.74, 6) is -0.857. The summed E-state index contributed by atoms with van der Waals surface area (Å²) in [6.45, 7) is 3.70. The van der Waals surface area contributed by atoms with E-state index in [0.29, 0.717) is 38.0 Å². The fraction of sp³-hybridized carbons (Fsp3) is 0.538. The number of aryl methyl sites for hydroxylation is 4. The Morgan fingerprint density at radius 1 is 1.15 bits per heavy atom. The molecule has 0 spiro atoms. The number of hydrogen-bond donors (Lipinski definition) is 2. The van der Waals surface area contributed by atoms with Gasteiger partial charge in [-0.05, 0) is 81.5 Å². The van der Waals surface area contributed by atoms with Crippen LogP contribution in [0.1, 0.15) is 66.4 Å². The third-order valence-corrected chi connectivity index (χ3v) is 6.89. The first-order valence-corrected chi connectivity index (χ1v) is 12.2. The van der Waals surface area contributed by atoms with Crippen molar-refractivity contribution < 1.29 is 14.7 Å². The van der Waals surface area contributed by atoms with E-state index in [1.54, 1.807) is 6.20 Å². The van der Waals surface area contributed by atoms with E-state index in [0.717, 1.165) is 37.1 Å². The Bertz CT molecular complexity index is 968. The maximum Gasteiger partial charge on any atom is 0.325 e. The normalized spacial score (nSPS) is 17.8. The van der Waals surface area contributed by atoms with Crippen LogP contribution in [-0.2, 0) is 28.9 Å². The van der Waals surface area contributed by atoms with Crippen LogP contribution in [0.25, 0.3) is 0 Å². The molecule has 1 aliphatic heterocycles. The Labute approximate surface area is 195 Å². The van der Waals surface area contributed by atoms with Gasteiger partial charge < -0.3 is 10.4 Å². The molecule has 1 saturated heterocycles. The highest BCUT2D eigenvalue weighted by Crippen LogP contribution is 2.27. The van der Waals surface area contributed by atoms with Crippen LogP contribution >= 0.6 is 0 Å². The first kappa shape index (κ1) is 23.4. The molecule has 2 aromatic rings. The van der Waals surface area contributed by atoms with E-state index < -0.39 is 12.0 Å². The second-order valence-electron chi connectivity index (χ2n) is 9.29. The van der Waals surface area contributed by atoms with E-state index in [4.69, 9.17) is 4.98 Å². The first-order chi connectivity index (χ1) is 16.0. The van der Waals surface area contributed by atoms with Gasteiger partial charge in [-0.1, -0.05) is 12.1 Å². The highest BCUT2D eigenvalue weighted by Gasteiger charge is 2.33. The highest BCUT2D eigenvalue weighted by atomic mass is 16.4. The van der Waals surface area contributed by atoms with Crippen molar-refractivity contribution in [3.63, 3.8) is 0 Å². The number of carboxylic acids is 1. The molecule has 1 atom stereocenters. The predicted octanol–water partition coefficient (Wildman–Crippen LogP) is 3.25. The number of nitrogens with zero attached hydrogens (tertiary/aromatic N) is 3. The van der Waals surface area contributed by atoms with Gasteiger partial charge in [-0.15, -0.1) is 0 Å². The lowest BCUT2D eigenvalue weighted by atomic mass is 9.93. The van der Waals surface area contributed by atoms with Crippen LogP contribution in [-0.4, -0.2) is 51.5 Å². The summed E-state index contributed by atoms with van der Waals surface area (Å²) in [6.07, 6.45) is 9.45. The minimum atomic E-state index is -0.876. The first-order valence-electron chi connectivity index (χ1n) is 12.2. The minimum Gasteiger partial charge on any atom is -0.480 e. The van der Waals surface area contributed by atoms with Crippen LogP contribution in [0.3, 0.4) is 0 Å². The van der Waals surface area contributed by atoms with Crippen molar-refractivity contribution in [3.8, 4) is 0 Å². The lowest BCUT2D eigenvalue weighted by Crippen LogP contribution is -2.44. The Morgan fingerprint density at radius 3 is 2.67 bits per heavy atom. The zero-order valence-electron chi connectivity index (χ0n) is 19.4. The van der Waals surface area contributed by atoms with E-state index >= 15 is 0 Å². The molecule has 1 unspecified atom stereocenters. The zero-order valence-corrected chi connectivity index (χ0v) is 19.4. The molecule has 1 amide bonds. The van der Waals surface area contributed by atoms with Gasteiger partial charge in [-0.25, -0.2) is 0 Å². The summed E-state index contributed by atoms with van der Waals surface area (Å²) in [7, 11) is 0. The average molecular weight is 451 g/mol. The molecule has 4 rings (SSSR count). The maximum atomic E-state index is 12.6. The summed E-state index contributed by atoms with van der Waals surface area (Å²) in [4.78, 5) is 35.6. The molecule has 2 aliphatic rings. The molecule has 0 saturated carbocycles. The van der Waals surface area contributed by atoms with Crippen LogP contribution < -0.4 is 5.32 Å². The molecule has 2 N–H and O–H groups in total. The predicted molar refractivity (Wildman–Crippen MR) is 126 cm³/mol. The lowest BCUT2D eigenvalue weighted by molar-refractivity contribution is -0.144. The summed E-state index contributed by atoms with van der Waals surface area (Å²) >= 11 is 0. The van der Waals surface area contributed by atoms with E-state index in [1.165, 1.54) is 24.1 Å². The third kappa shape index (κ3) is 5.96. The molecule has 0 aromatic carbocycles. The standard InChI is InChI=1S/C26H34N4O3/c1-18-8-9-21(17-28-18)24(26(32)33)30-15-12-20(13-16-30)25(31)27-14-4-6-22-11-10-19-5-2-3-7-23(19)29-22/h8-11,17,20,24H,2-7,12-16H2,1H3,(H,27,31)(H,32,33). The number of fused-ring (bicyclic) bond motifs is 1. The Balaban J connectivity index is 1.21. The summed E-state index contributed by atoms with van der Waals surface area (Å²) < 4.78 is 0. The molecule has 1 aliphatic carbocycles. The monoisotopic (exact) mass is 450 g/mol. The molecule has 7 heteroatoms. The van der Waals surface area contributed by atoms with E-state index in [2.05, 4.69) is 22.4 Å². The number of carbonyl (C=O) groups is 2. The van der Waals surface area contributed by atoms with Crippen LogP contribution in [0, 0.1) is 12.8 Å². The van der Waals surface area contributed by atoms with Crippen LogP contribution in [0.4, 0.5) is 0 Å². The van der Waals surface area contributed by atoms with E-state index in [9.17, 15) is 14.7 Å². The molecule has 33 heavy (non-hydrogen) atoms. The maximum absolute atomic E-state index is 12.6. The van der Waals surface area contributed by atoms with Gasteiger partial charge in [0.2, 0.25) is 5.91 Å². The smallest absolute Gasteiger partial charge is 0.325 e. The van der Waals surface area contributed by atoms with Gasteiger partial charge in [0, 0.05) is 48.8 Å². The number of pyridine rings is 2. The second kappa shape index (κ2) is 10.9. The number of carboxylic acid groups (broad SMARTS) is 1. The number of hydrogen-bond acceptors (Lipinski definition) is 5. The number of aliphatic carboxylic acids is 1. The molecular formula is C26H34N4O3. The fourth-order valence-electron chi connectivity index (χ4n) is 4.96. The van der Waals surface area contributed by atoms with Gasteiger partial charge in [0.05, 0.1) is 0 Å². The van der Waals surface area contributed by atoms with Crippen molar-refractivity contribution in [2.75, 3.05) is 19.6 Å². The molecule has 0 radical (unpaired) electrons. The quantitative estimate of drug-likeness (QED) is 0.600. The van der Waals surface area contributed by atoms with Gasteiger partial charge in [-0.2, -0.15) is 0 Å². The van der Waals surface area contributed by atoms with E-state index in [-0.39, 0.29) is 11.8 Å². The molecule has 7 nitrogen and oxygen atoms in total. The molecular weight excluding hydrogens is 416 g/mol. The van der Waals surface area contributed by atoms with Crippen LogP contribution in [0.15, 0.2) is 30.5 Å². The summed E-state index contributed by atoms with van der Waals surface area (Å²) in [6, 6.07) is 7.30. The molecule has 2 aromatic heterocycles. The number of carbonyl (C=O) groups excluding carboxylic acids is 1.